The van der Waals surface area contributed by atoms with Crippen molar-refractivity contribution in [2.75, 3.05) is 32.8 Å². The topological polar surface area (TPSA) is 52.6 Å². The second-order valence-corrected chi connectivity index (χ2v) is 4.53. The molecule has 0 radical (unpaired) electrons. The van der Waals surface area contributed by atoms with Gasteiger partial charge in [-0.1, -0.05) is 0 Å². The molecule has 0 aromatic rings. The lowest BCUT2D eigenvalue weighted by Crippen LogP contribution is -2.44. The number of halogens is 3. The molecule has 1 aliphatic heterocycles. The standard InChI is InChI=1S/C11H19F3N2O2/c12-11(13,14)8-16-5-2-9(3-6-16)10(18)15-4-1-7-17/h9,17H,1-8H2,(H,15,18). The highest BCUT2D eigenvalue weighted by Gasteiger charge is 2.33. The van der Waals surface area contributed by atoms with Gasteiger partial charge in [0.2, 0.25) is 5.91 Å². The molecule has 1 rings (SSSR count). The maximum Gasteiger partial charge on any atom is 0.401 e. The largest absolute Gasteiger partial charge is 0.401 e. The van der Waals surface area contributed by atoms with Crippen LogP contribution in [0.1, 0.15) is 19.3 Å². The fraction of sp³-hybridized carbons (Fsp3) is 0.909. The highest BCUT2D eigenvalue weighted by Crippen LogP contribution is 2.22. The predicted octanol–water partition coefficient (Wildman–Crippen LogP) is 0.759. The zero-order valence-corrected chi connectivity index (χ0v) is 10.2. The van der Waals surface area contributed by atoms with Crippen molar-refractivity contribution < 1.29 is 23.1 Å². The molecule has 18 heavy (non-hydrogen) atoms. The minimum absolute atomic E-state index is 0.0182. The maximum atomic E-state index is 12.2. The van der Waals surface area contributed by atoms with Crippen LogP contribution in [0.15, 0.2) is 0 Å². The summed E-state index contributed by atoms with van der Waals surface area (Å²) in [6.45, 7) is 0.142. The molecule has 0 aromatic heterocycles. The number of likely N-dealkylation sites (tertiary alicyclic amines) is 1. The smallest absolute Gasteiger partial charge is 0.396 e. The fourth-order valence-electron chi connectivity index (χ4n) is 2.04. The van der Waals surface area contributed by atoms with Crippen LogP contribution in [0.4, 0.5) is 13.2 Å². The molecular weight excluding hydrogens is 249 g/mol. The van der Waals surface area contributed by atoms with Crippen molar-refractivity contribution in [3.63, 3.8) is 0 Å². The molecule has 0 atom stereocenters. The number of hydrogen-bond acceptors (Lipinski definition) is 3. The molecule has 0 unspecified atom stereocenters. The summed E-state index contributed by atoms with van der Waals surface area (Å²) in [5.74, 6) is -0.316. The Balaban J connectivity index is 2.24. The second-order valence-electron chi connectivity index (χ2n) is 4.53. The van der Waals surface area contributed by atoms with E-state index in [-0.39, 0.29) is 18.4 Å². The van der Waals surface area contributed by atoms with Crippen LogP contribution in [0, 0.1) is 5.92 Å². The molecule has 0 aromatic carbocycles. The Kier molecular flexibility index (Phi) is 5.87. The zero-order chi connectivity index (χ0) is 13.6. The van der Waals surface area contributed by atoms with Crippen molar-refractivity contribution >= 4 is 5.91 Å². The highest BCUT2D eigenvalue weighted by atomic mass is 19.4. The van der Waals surface area contributed by atoms with Gasteiger partial charge in [-0.3, -0.25) is 9.69 Å². The van der Waals surface area contributed by atoms with Crippen LogP contribution in [0.5, 0.6) is 0 Å². The maximum absolute atomic E-state index is 12.2. The molecule has 106 valence electrons. The molecule has 1 saturated heterocycles. The fourth-order valence-corrected chi connectivity index (χ4v) is 2.04. The van der Waals surface area contributed by atoms with Crippen molar-refractivity contribution in [2.45, 2.75) is 25.4 Å². The third-order valence-electron chi connectivity index (χ3n) is 3.00. The third kappa shape index (κ3) is 5.68. The summed E-state index contributed by atoms with van der Waals surface area (Å²) in [6.07, 6.45) is -2.75. The summed E-state index contributed by atoms with van der Waals surface area (Å²) in [5.41, 5.74) is 0. The summed E-state index contributed by atoms with van der Waals surface area (Å²) in [6, 6.07) is 0. The Morgan fingerprint density at radius 2 is 1.94 bits per heavy atom. The van der Waals surface area contributed by atoms with E-state index < -0.39 is 12.7 Å². The van der Waals surface area contributed by atoms with Crippen molar-refractivity contribution in [1.82, 2.24) is 10.2 Å². The van der Waals surface area contributed by atoms with Gasteiger partial charge in [0, 0.05) is 19.1 Å². The normalized spacial score (nSPS) is 18.9. The second kappa shape index (κ2) is 6.94. The van der Waals surface area contributed by atoms with Crippen molar-refractivity contribution in [3.05, 3.63) is 0 Å². The van der Waals surface area contributed by atoms with E-state index in [4.69, 9.17) is 5.11 Å². The molecule has 1 heterocycles. The van der Waals surface area contributed by atoms with E-state index in [0.717, 1.165) is 0 Å². The number of nitrogens with zero attached hydrogens (tertiary/aromatic N) is 1. The van der Waals surface area contributed by atoms with Gasteiger partial charge in [-0.15, -0.1) is 0 Å². The zero-order valence-electron chi connectivity index (χ0n) is 10.2. The Bertz CT molecular complexity index is 264. The number of piperidine rings is 1. The summed E-state index contributed by atoms with van der Waals surface area (Å²) >= 11 is 0. The van der Waals surface area contributed by atoms with Gasteiger partial charge in [0.25, 0.3) is 0 Å². The van der Waals surface area contributed by atoms with Gasteiger partial charge in [-0.25, -0.2) is 0 Å². The van der Waals surface area contributed by atoms with Crippen LogP contribution in [0.3, 0.4) is 0 Å². The van der Waals surface area contributed by atoms with Crippen LogP contribution < -0.4 is 5.32 Å². The van der Waals surface area contributed by atoms with Gasteiger partial charge in [0.15, 0.2) is 0 Å². The van der Waals surface area contributed by atoms with E-state index in [0.29, 0.717) is 38.9 Å². The first kappa shape index (κ1) is 15.2. The van der Waals surface area contributed by atoms with Crippen LogP contribution in [-0.2, 0) is 4.79 Å². The minimum Gasteiger partial charge on any atom is -0.396 e. The Hall–Kier alpha value is -0.820. The Morgan fingerprint density at radius 3 is 2.44 bits per heavy atom. The molecule has 0 aliphatic carbocycles. The van der Waals surface area contributed by atoms with E-state index in [2.05, 4.69) is 5.32 Å². The number of aliphatic hydroxyl groups is 1. The van der Waals surface area contributed by atoms with Crippen LogP contribution in [0.25, 0.3) is 0 Å². The number of nitrogens with one attached hydrogen (secondary N) is 1. The number of amides is 1. The molecule has 2 N–H and O–H groups in total. The average Bonchev–Trinajstić information content (AvgIpc) is 2.28. The van der Waals surface area contributed by atoms with Crippen LogP contribution >= 0.6 is 0 Å². The van der Waals surface area contributed by atoms with Gasteiger partial charge in [-0.05, 0) is 32.4 Å². The molecule has 1 amide bonds. The molecule has 0 saturated carbocycles. The molecule has 0 bridgehead atoms. The lowest BCUT2D eigenvalue weighted by atomic mass is 9.96. The molecule has 4 nitrogen and oxygen atoms in total. The molecule has 0 spiro atoms. The minimum atomic E-state index is -4.17. The average molecular weight is 268 g/mol. The van der Waals surface area contributed by atoms with E-state index in [9.17, 15) is 18.0 Å². The number of hydrogen-bond donors (Lipinski definition) is 2. The Morgan fingerprint density at radius 1 is 1.33 bits per heavy atom. The van der Waals surface area contributed by atoms with Gasteiger partial charge in [0.1, 0.15) is 0 Å². The number of carbonyl (C=O) groups is 1. The predicted molar refractivity (Wildman–Crippen MR) is 59.9 cm³/mol. The first-order chi connectivity index (χ1) is 8.42. The summed E-state index contributed by atoms with van der Waals surface area (Å²) in [4.78, 5) is 13.0. The van der Waals surface area contributed by atoms with E-state index >= 15 is 0 Å². The lowest BCUT2D eigenvalue weighted by Gasteiger charge is -2.31. The SMILES string of the molecule is O=C(NCCCO)C1CCN(CC(F)(F)F)CC1. The van der Waals surface area contributed by atoms with Crippen molar-refractivity contribution in [1.29, 1.82) is 0 Å². The molecular formula is C11H19F3N2O2. The molecule has 1 fully saturated rings. The first-order valence-corrected chi connectivity index (χ1v) is 6.10. The number of rotatable bonds is 5. The molecule has 7 heteroatoms. The van der Waals surface area contributed by atoms with Crippen LogP contribution in [-0.4, -0.2) is 54.9 Å². The van der Waals surface area contributed by atoms with E-state index in [1.54, 1.807) is 0 Å². The first-order valence-electron chi connectivity index (χ1n) is 6.10. The van der Waals surface area contributed by atoms with Gasteiger partial charge in [-0.2, -0.15) is 13.2 Å². The van der Waals surface area contributed by atoms with E-state index in [1.807, 2.05) is 0 Å². The van der Waals surface area contributed by atoms with Crippen LogP contribution in [0.2, 0.25) is 0 Å². The van der Waals surface area contributed by atoms with Crippen molar-refractivity contribution in [2.24, 2.45) is 5.92 Å². The van der Waals surface area contributed by atoms with Gasteiger partial charge >= 0.3 is 6.18 Å². The lowest BCUT2D eigenvalue weighted by molar-refractivity contribution is -0.149. The summed E-state index contributed by atoms with van der Waals surface area (Å²) in [5, 5.41) is 11.2. The Labute approximate surface area is 104 Å². The quantitative estimate of drug-likeness (QED) is 0.724. The molecule has 1 aliphatic rings. The highest BCUT2D eigenvalue weighted by molar-refractivity contribution is 5.78. The summed E-state index contributed by atoms with van der Waals surface area (Å²) in [7, 11) is 0. The van der Waals surface area contributed by atoms with Gasteiger partial charge in [0.05, 0.1) is 6.54 Å². The monoisotopic (exact) mass is 268 g/mol. The number of carbonyl (C=O) groups excluding carboxylic acids is 1. The summed E-state index contributed by atoms with van der Waals surface area (Å²) < 4.78 is 36.5. The number of alkyl halides is 3. The van der Waals surface area contributed by atoms with Gasteiger partial charge < -0.3 is 10.4 Å². The number of aliphatic hydroxyl groups excluding tert-OH is 1. The van der Waals surface area contributed by atoms with E-state index in [1.165, 1.54) is 4.90 Å². The van der Waals surface area contributed by atoms with Crippen molar-refractivity contribution in [3.8, 4) is 0 Å². The third-order valence-corrected chi connectivity index (χ3v) is 3.00.